The van der Waals surface area contributed by atoms with Crippen LogP contribution in [0.1, 0.15) is 26.3 Å². The van der Waals surface area contributed by atoms with E-state index in [1.54, 1.807) is 24.3 Å². The lowest BCUT2D eigenvalue weighted by Crippen LogP contribution is -2.25. The maximum absolute atomic E-state index is 13.3. The minimum absolute atomic E-state index is 0.0355. The summed E-state index contributed by atoms with van der Waals surface area (Å²) in [5.41, 5.74) is 1.56. The first-order chi connectivity index (χ1) is 10.6. The summed E-state index contributed by atoms with van der Waals surface area (Å²) < 4.78 is 40.4. The smallest absolute Gasteiger partial charge is 0.261 e. The van der Waals surface area contributed by atoms with Crippen LogP contribution in [0.2, 0.25) is 0 Å². The predicted octanol–water partition coefficient (Wildman–Crippen LogP) is 4.15. The van der Waals surface area contributed by atoms with E-state index in [1.165, 1.54) is 19.1 Å². The van der Waals surface area contributed by atoms with Gasteiger partial charge in [0.2, 0.25) is 0 Å². The Hall–Kier alpha value is -2.08. The van der Waals surface area contributed by atoms with Gasteiger partial charge >= 0.3 is 0 Å². The molecular weight excluding hydrogens is 315 g/mol. The van der Waals surface area contributed by atoms with Gasteiger partial charge in [0.15, 0.2) is 0 Å². The van der Waals surface area contributed by atoms with Crippen LogP contribution < -0.4 is 10.0 Å². The van der Waals surface area contributed by atoms with Crippen LogP contribution in [0.25, 0.3) is 0 Å². The summed E-state index contributed by atoms with van der Waals surface area (Å²) in [5, 5.41) is 3.30. The highest BCUT2D eigenvalue weighted by Gasteiger charge is 2.16. The predicted molar refractivity (Wildman–Crippen MR) is 91.8 cm³/mol. The maximum Gasteiger partial charge on any atom is 0.261 e. The maximum atomic E-state index is 13.3. The first kappa shape index (κ1) is 17.3. The Labute approximate surface area is 136 Å². The van der Waals surface area contributed by atoms with E-state index in [9.17, 15) is 12.8 Å². The second kappa shape index (κ2) is 6.20. The number of benzene rings is 2. The molecule has 0 aliphatic rings. The van der Waals surface area contributed by atoms with Crippen molar-refractivity contribution in [2.45, 2.75) is 38.1 Å². The lowest BCUT2D eigenvalue weighted by molar-refractivity contribution is 0.598. The van der Waals surface area contributed by atoms with Crippen LogP contribution in [0.5, 0.6) is 0 Å². The molecule has 6 heteroatoms. The van der Waals surface area contributed by atoms with Gasteiger partial charge in [-0.2, -0.15) is 0 Å². The Morgan fingerprint density at radius 1 is 0.957 bits per heavy atom. The Kier molecular flexibility index (Phi) is 4.66. The van der Waals surface area contributed by atoms with Gasteiger partial charge < -0.3 is 5.32 Å². The first-order valence-corrected chi connectivity index (χ1v) is 8.72. The second-order valence-electron chi connectivity index (χ2n) is 6.47. The van der Waals surface area contributed by atoms with E-state index in [-0.39, 0.29) is 16.0 Å². The van der Waals surface area contributed by atoms with Crippen molar-refractivity contribution in [3.05, 3.63) is 53.8 Å². The molecule has 0 aliphatic carbocycles. The number of rotatable bonds is 4. The third-order valence-electron chi connectivity index (χ3n) is 3.10. The fourth-order valence-corrected chi connectivity index (χ4v) is 3.20. The van der Waals surface area contributed by atoms with E-state index >= 15 is 0 Å². The standard InChI is InChI=1S/C17H21FN2O2S/c1-12-11-15(9-10-16(12)18)23(21,22)20-14-7-5-13(6-8-14)19-17(2,3)4/h5-11,19-20H,1-4H3. The molecule has 0 aliphatic heterocycles. The SMILES string of the molecule is Cc1cc(S(=O)(=O)Nc2ccc(NC(C)(C)C)cc2)ccc1F. The molecule has 0 radical (unpaired) electrons. The van der Waals surface area contributed by atoms with Gasteiger partial charge in [-0.3, -0.25) is 4.72 Å². The Bertz CT molecular complexity index is 794. The molecule has 23 heavy (non-hydrogen) atoms. The van der Waals surface area contributed by atoms with Crippen LogP contribution in [0.4, 0.5) is 15.8 Å². The highest BCUT2D eigenvalue weighted by atomic mass is 32.2. The van der Waals surface area contributed by atoms with Crippen LogP contribution in [0, 0.1) is 12.7 Å². The van der Waals surface area contributed by atoms with Gasteiger partial charge in [-0.15, -0.1) is 0 Å². The molecule has 0 amide bonds. The molecule has 0 unspecified atom stereocenters. The van der Waals surface area contributed by atoms with Gasteiger partial charge in [-0.25, -0.2) is 12.8 Å². The number of sulfonamides is 1. The van der Waals surface area contributed by atoms with Gasteiger partial charge in [0.05, 0.1) is 4.90 Å². The van der Waals surface area contributed by atoms with E-state index in [0.29, 0.717) is 5.69 Å². The van der Waals surface area contributed by atoms with Crippen molar-refractivity contribution in [3.8, 4) is 0 Å². The van der Waals surface area contributed by atoms with E-state index < -0.39 is 15.8 Å². The number of halogens is 1. The summed E-state index contributed by atoms with van der Waals surface area (Å²) in [6.07, 6.45) is 0. The zero-order valence-corrected chi connectivity index (χ0v) is 14.5. The average Bonchev–Trinajstić information content (AvgIpc) is 2.42. The lowest BCUT2D eigenvalue weighted by atomic mass is 10.1. The summed E-state index contributed by atoms with van der Waals surface area (Å²) >= 11 is 0. The minimum atomic E-state index is -3.74. The molecule has 0 aromatic heterocycles. The molecule has 124 valence electrons. The fraction of sp³-hybridized carbons (Fsp3) is 0.294. The molecule has 2 N–H and O–H groups in total. The van der Waals surface area contributed by atoms with E-state index in [2.05, 4.69) is 10.0 Å². The third-order valence-corrected chi connectivity index (χ3v) is 4.48. The largest absolute Gasteiger partial charge is 0.380 e. The van der Waals surface area contributed by atoms with Crippen LogP contribution in [-0.2, 0) is 10.0 Å². The number of anilines is 2. The highest BCUT2D eigenvalue weighted by Crippen LogP contribution is 2.21. The molecule has 0 bridgehead atoms. The summed E-state index contributed by atoms with van der Waals surface area (Å²) in [6.45, 7) is 7.66. The molecule has 2 aromatic rings. The summed E-state index contributed by atoms with van der Waals surface area (Å²) in [6, 6.07) is 10.7. The molecule has 0 spiro atoms. The molecule has 0 atom stereocenters. The van der Waals surface area contributed by atoms with Gasteiger partial charge in [-0.1, -0.05) is 0 Å². The highest BCUT2D eigenvalue weighted by molar-refractivity contribution is 7.92. The minimum Gasteiger partial charge on any atom is -0.380 e. The second-order valence-corrected chi connectivity index (χ2v) is 8.15. The van der Waals surface area contributed by atoms with Crippen molar-refractivity contribution >= 4 is 21.4 Å². The van der Waals surface area contributed by atoms with E-state index in [0.717, 1.165) is 11.8 Å². The normalized spacial score (nSPS) is 12.0. The van der Waals surface area contributed by atoms with Crippen molar-refractivity contribution < 1.29 is 12.8 Å². The third kappa shape index (κ3) is 4.69. The van der Waals surface area contributed by atoms with Gasteiger partial charge in [0.1, 0.15) is 5.82 Å². The number of hydrogen-bond acceptors (Lipinski definition) is 3. The van der Waals surface area contributed by atoms with Crippen LogP contribution in [0.15, 0.2) is 47.4 Å². The van der Waals surface area contributed by atoms with Gasteiger partial charge in [-0.05, 0) is 75.7 Å². The Balaban J connectivity index is 2.19. The zero-order valence-electron chi connectivity index (χ0n) is 13.6. The monoisotopic (exact) mass is 336 g/mol. The van der Waals surface area contributed by atoms with Gasteiger partial charge in [0, 0.05) is 16.9 Å². The topological polar surface area (TPSA) is 58.2 Å². The summed E-state index contributed by atoms with van der Waals surface area (Å²) in [4.78, 5) is 0.0355. The molecule has 2 aromatic carbocycles. The Morgan fingerprint density at radius 3 is 2.04 bits per heavy atom. The lowest BCUT2D eigenvalue weighted by Gasteiger charge is -2.22. The van der Waals surface area contributed by atoms with Crippen LogP contribution >= 0.6 is 0 Å². The van der Waals surface area contributed by atoms with Gasteiger partial charge in [0.25, 0.3) is 10.0 Å². The van der Waals surface area contributed by atoms with Crippen molar-refractivity contribution in [1.29, 1.82) is 0 Å². The van der Waals surface area contributed by atoms with E-state index in [1.807, 2.05) is 20.8 Å². The van der Waals surface area contributed by atoms with Crippen molar-refractivity contribution in [2.24, 2.45) is 0 Å². The number of hydrogen-bond donors (Lipinski definition) is 2. The molecule has 0 saturated heterocycles. The zero-order chi connectivity index (χ0) is 17.3. The van der Waals surface area contributed by atoms with Crippen LogP contribution in [-0.4, -0.2) is 14.0 Å². The summed E-state index contributed by atoms with van der Waals surface area (Å²) in [5.74, 6) is -0.429. The average molecular weight is 336 g/mol. The van der Waals surface area contributed by atoms with E-state index in [4.69, 9.17) is 0 Å². The molecular formula is C17H21FN2O2S. The molecule has 4 nitrogen and oxygen atoms in total. The van der Waals surface area contributed by atoms with Crippen molar-refractivity contribution in [2.75, 3.05) is 10.0 Å². The number of aryl methyl sites for hydroxylation is 1. The Morgan fingerprint density at radius 2 is 1.52 bits per heavy atom. The fourth-order valence-electron chi connectivity index (χ4n) is 2.05. The van der Waals surface area contributed by atoms with Crippen molar-refractivity contribution in [3.63, 3.8) is 0 Å². The number of nitrogens with one attached hydrogen (secondary N) is 2. The van der Waals surface area contributed by atoms with Crippen LogP contribution in [0.3, 0.4) is 0 Å². The molecule has 0 fully saturated rings. The summed E-state index contributed by atoms with van der Waals surface area (Å²) in [7, 11) is -3.74. The quantitative estimate of drug-likeness (QED) is 0.882. The van der Waals surface area contributed by atoms with Crippen molar-refractivity contribution in [1.82, 2.24) is 0 Å². The first-order valence-electron chi connectivity index (χ1n) is 7.24. The molecule has 0 saturated carbocycles. The molecule has 0 heterocycles. The molecule has 2 rings (SSSR count).